The second kappa shape index (κ2) is 8.45. The number of ether oxygens (including phenoxy) is 1. The van der Waals surface area contributed by atoms with Crippen molar-refractivity contribution in [3.8, 4) is 5.75 Å². The van der Waals surface area contributed by atoms with Crippen LogP contribution in [0.2, 0.25) is 10.0 Å². The van der Waals surface area contributed by atoms with Gasteiger partial charge in [-0.2, -0.15) is 0 Å². The van der Waals surface area contributed by atoms with E-state index in [0.717, 1.165) is 31.6 Å². The second-order valence-corrected chi connectivity index (χ2v) is 6.84. The Labute approximate surface area is 157 Å². The number of nitrogens with zero attached hydrogens (tertiary/aromatic N) is 1. The van der Waals surface area contributed by atoms with Crippen LogP contribution in [0.1, 0.15) is 12.8 Å². The van der Waals surface area contributed by atoms with Crippen LogP contribution in [0.15, 0.2) is 48.5 Å². The number of para-hydroxylation sites is 1. The summed E-state index contributed by atoms with van der Waals surface area (Å²) < 4.78 is 5.53. The SMILES string of the molecule is O=C(COc1ccc(Cl)c(Cl)c1)N1CCC(Nc2ccccc2)CC1. The number of rotatable bonds is 5. The van der Waals surface area contributed by atoms with Gasteiger partial charge < -0.3 is 15.0 Å². The Hall–Kier alpha value is -1.91. The van der Waals surface area contributed by atoms with Gasteiger partial charge >= 0.3 is 0 Å². The molecule has 2 aromatic rings. The van der Waals surface area contributed by atoms with Gasteiger partial charge in [0.1, 0.15) is 5.75 Å². The van der Waals surface area contributed by atoms with Gasteiger partial charge in [-0.1, -0.05) is 41.4 Å². The summed E-state index contributed by atoms with van der Waals surface area (Å²) in [5, 5.41) is 4.40. The number of hydrogen-bond donors (Lipinski definition) is 1. The fourth-order valence-electron chi connectivity index (χ4n) is 2.85. The Morgan fingerprint density at radius 2 is 1.80 bits per heavy atom. The van der Waals surface area contributed by atoms with E-state index in [2.05, 4.69) is 17.4 Å². The molecule has 1 aliphatic rings. The lowest BCUT2D eigenvalue weighted by Crippen LogP contribution is -2.44. The van der Waals surface area contributed by atoms with Gasteiger partial charge in [-0.05, 0) is 37.1 Å². The molecule has 0 bridgehead atoms. The van der Waals surface area contributed by atoms with Gasteiger partial charge in [-0.3, -0.25) is 4.79 Å². The molecule has 0 saturated carbocycles. The monoisotopic (exact) mass is 378 g/mol. The molecule has 1 saturated heterocycles. The first-order valence-corrected chi connectivity index (χ1v) is 9.04. The zero-order valence-corrected chi connectivity index (χ0v) is 15.3. The minimum Gasteiger partial charge on any atom is -0.484 e. The van der Waals surface area contributed by atoms with Crippen molar-refractivity contribution in [2.45, 2.75) is 18.9 Å². The van der Waals surface area contributed by atoms with Crippen molar-refractivity contribution in [1.29, 1.82) is 0 Å². The molecular weight excluding hydrogens is 359 g/mol. The first kappa shape index (κ1) is 17.9. The number of piperidine rings is 1. The summed E-state index contributed by atoms with van der Waals surface area (Å²) >= 11 is 11.8. The molecule has 25 heavy (non-hydrogen) atoms. The van der Waals surface area contributed by atoms with Crippen LogP contribution in [0.25, 0.3) is 0 Å². The van der Waals surface area contributed by atoms with Crippen LogP contribution in [0, 0.1) is 0 Å². The molecule has 0 spiro atoms. The van der Waals surface area contributed by atoms with Crippen molar-refractivity contribution in [3.63, 3.8) is 0 Å². The highest BCUT2D eigenvalue weighted by Crippen LogP contribution is 2.26. The third-order valence-electron chi connectivity index (χ3n) is 4.25. The molecule has 1 aliphatic heterocycles. The molecule has 0 aromatic heterocycles. The van der Waals surface area contributed by atoms with Crippen LogP contribution in [0.5, 0.6) is 5.75 Å². The molecular formula is C19H20Cl2N2O2. The summed E-state index contributed by atoms with van der Waals surface area (Å²) in [6.45, 7) is 1.47. The van der Waals surface area contributed by atoms with E-state index in [0.29, 0.717) is 21.8 Å². The zero-order valence-electron chi connectivity index (χ0n) is 13.8. The van der Waals surface area contributed by atoms with E-state index in [1.807, 2.05) is 23.1 Å². The number of carbonyl (C=O) groups excluding carboxylic acids is 1. The standard InChI is InChI=1S/C19H20Cl2N2O2/c20-17-7-6-16(12-18(17)21)25-13-19(24)23-10-8-15(9-11-23)22-14-4-2-1-3-5-14/h1-7,12,15,22H,8-11,13H2. The van der Waals surface area contributed by atoms with Crippen LogP contribution in [0.4, 0.5) is 5.69 Å². The Morgan fingerprint density at radius 3 is 2.48 bits per heavy atom. The number of likely N-dealkylation sites (tertiary alicyclic amines) is 1. The number of anilines is 1. The Bertz CT molecular complexity index is 717. The average molecular weight is 379 g/mol. The maximum absolute atomic E-state index is 12.3. The topological polar surface area (TPSA) is 41.6 Å². The molecule has 0 atom stereocenters. The van der Waals surface area contributed by atoms with Crippen LogP contribution in [-0.4, -0.2) is 36.5 Å². The molecule has 1 heterocycles. The van der Waals surface area contributed by atoms with E-state index in [4.69, 9.17) is 27.9 Å². The van der Waals surface area contributed by atoms with E-state index < -0.39 is 0 Å². The first-order valence-electron chi connectivity index (χ1n) is 8.29. The summed E-state index contributed by atoms with van der Waals surface area (Å²) in [4.78, 5) is 14.2. The fraction of sp³-hybridized carbons (Fsp3) is 0.316. The molecule has 132 valence electrons. The Kier molecular flexibility index (Phi) is 6.05. The van der Waals surface area contributed by atoms with Crippen molar-refractivity contribution in [1.82, 2.24) is 4.90 Å². The molecule has 0 unspecified atom stereocenters. The van der Waals surface area contributed by atoms with Gasteiger partial charge in [0.25, 0.3) is 5.91 Å². The largest absolute Gasteiger partial charge is 0.484 e. The van der Waals surface area contributed by atoms with Gasteiger partial charge in [-0.15, -0.1) is 0 Å². The Morgan fingerprint density at radius 1 is 1.08 bits per heavy atom. The van der Waals surface area contributed by atoms with Crippen molar-refractivity contribution in [3.05, 3.63) is 58.6 Å². The molecule has 1 N–H and O–H groups in total. The highest BCUT2D eigenvalue weighted by molar-refractivity contribution is 6.42. The maximum atomic E-state index is 12.3. The third kappa shape index (κ3) is 5.03. The normalized spacial score (nSPS) is 15.0. The van der Waals surface area contributed by atoms with Gasteiger partial charge in [0.15, 0.2) is 6.61 Å². The van der Waals surface area contributed by atoms with E-state index in [9.17, 15) is 4.79 Å². The van der Waals surface area contributed by atoms with E-state index in [1.54, 1.807) is 18.2 Å². The molecule has 3 rings (SSSR count). The van der Waals surface area contributed by atoms with Gasteiger partial charge in [0.2, 0.25) is 0 Å². The van der Waals surface area contributed by atoms with Gasteiger partial charge in [-0.25, -0.2) is 0 Å². The molecule has 1 amide bonds. The number of carbonyl (C=O) groups is 1. The summed E-state index contributed by atoms with van der Waals surface area (Å²) in [7, 11) is 0. The maximum Gasteiger partial charge on any atom is 0.260 e. The number of hydrogen-bond acceptors (Lipinski definition) is 3. The predicted octanol–water partition coefficient (Wildman–Crippen LogP) is 4.48. The van der Waals surface area contributed by atoms with E-state index in [-0.39, 0.29) is 12.5 Å². The molecule has 6 heteroatoms. The molecule has 1 fully saturated rings. The third-order valence-corrected chi connectivity index (χ3v) is 4.98. The van der Waals surface area contributed by atoms with Crippen molar-refractivity contribution >= 4 is 34.8 Å². The zero-order chi connectivity index (χ0) is 17.6. The van der Waals surface area contributed by atoms with Crippen LogP contribution in [0.3, 0.4) is 0 Å². The van der Waals surface area contributed by atoms with Crippen molar-refractivity contribution < 1.29 is 9.53 Å². The molecule has 2 aromatic carbocycles. The number of nitrogens with one attached hydrogen (secondary N) is 1. The Balaban J connectivity index is 1.44. The number of amides is 1. The predicted molar refractivity (Wildman–Crippen MR) is 102 cm³/mol. The lowest BCUT2D eigenvalue weighted by molar-refractivity contribution is -0.134. The van der Waals surface area contributed by atoms with Crippen LogP contribution >= 0.6 is 23.2 Å². The highest BCUT2D eigenvalue weighted by atomic mass is 35.5. The quantitative estimate of drug-likeness (QED) is 0.833. The second-order valence-electron chi connectivity index (χ2n) is 6.03. The van der Waals surface area contributed by atoms with Crippen LogP contribution in [-0.2, 0) is 4.79 Å². The van der Waals surface area contributed by atoms with Crippen molar-refractivity contribution in [2.75, 3.05) is 25.0 Å². The fourth-order valence-corrected chi connectivity index (χ4v) is 3.13. The van der Waals surface area contributed by atoms with Crippen molar-refractivity contribution in [2.24, 2.45) is 0 Å². The minimum atomic E-state index is -0.00997. The average Bonchev–Trinajstić information content (AvgIpc) is 2.64. The van der Waals surface area contributed by atoms with Gasteiger partial charge in [0, 0.05) is 30.9 Å². The van der Waals surface area contributed by atoms with Crippen LogP contribution < -0.4 is 10.1 Å². The smallest absolute Gasteiger partial charge is 0.260 e. The summed E-state index contributed by atoms with van der Waals surface area (Å²) in [6, 6.07) is 15.5. The lowest BCUT2D eigenvalue weighted by Gasteiger charge is -2.32. The summed E-state index contributed by atoms with van der Waals surface area (Å²) in [6.07, 6.45) is 1.85. The molecule has 0 radical (unpaired) electrons. The first-order chi connectivity index (χ1) is 12.1. The number of benzene rings is 2. The summed E-state index contributed by atoms with van der Waals surface area (Å²) in [5.74, 6) is 0.535. The highest BCUT2D eigenvalue weighted by Gasteiger charge is 2.23. The molecule has 0 aliphatic carbocycles. The van der Waals surface area contributed by atoms with Gasteiger partial charge in [0.05, 0.1) is 10.0 Å². The van der Waals surface area contributed by atoms with E-state index >= 15 is 0 Å². The lowest BCUT2D eigenvalue weighted by atomic mass is 10.0. The summed E-state index contributed by atoms with van der Waals surface area (Å²) in [5.41, 5.74) is 1.12. The minimum absolute atomic E-state index is 0.00867. The molecule has 4 nitrogen and oxygen atoms in total. The number of halogens is 2. The van der Waals surface area contributed by atoms with E-state index in [1.165, 1.54) is 0 Å².